The van der Waals surface area contributed by atoms with E-state index < -0.39 is 11.9 Å². The summed E-state index contributed by atoms with van der Waals surface area (Å²) in [5, 5.41) is 2.86. The molecule has 15 heavy (non-hydrogen) atoms. The highest BCUT2D eigenvalue weighted by Crippen LogP contribution is 2.12. The van der Waals surface area contributed by atoms with Crippen molar-refractivity contribution in [2.75, 3.05) is 7.11 Å². The second kappa shape index (κ2) is 4.83. The van der Waals surface area contributed by atoms with E-state index >= 15 is 0 Å². The molecule has 0 fully saturated rings. The lowest BCUT2D eigenvalue weighted by atomic mass is 10.2. The van der Waals surface area contributed by atoms with E-state index in [2.05, 4.69) is 14.8 Å². The fourth-order valence-electron chi connectivity index (χ4n) is 0.992. The predicted octanol–water partition coefficient (Wildman–Crippen LogP) is 1.45. The second-order valence-electron chi connectivity index (χ2n) is 2.51. The minimum atomic E-state index is -0.724. The molecule has 0 atom stereocenters. The first-order chi connectivity index (χ1) is 7.19. The van der Waals surface area contributed by atoms with Gasteiger partial charge in [-0.3, -0.25) is 4.79 Å². The number of nitrogens with zero attached hydrogens (tertiary/aromatic N) is 3. The van der Waals surface area contributed by atoms with Crippen LogP contribution in [0.25, 0.3) is 10.4 Å². The first-order valence-corrected chi connectivity index (χ1v) is 3.91. The Balaban J connectivity index is 2.86. The van der Waals surface area contributed by atoms with E-state index in [1.165, 1.54) is 19.4 Å². The molecule has 0 bridgehead atoms. The Kier molecular flexibility index (Phi) is 3.48. The van der Waals surface area contributed by atoms with Gasteiger partial charge in [0, 0.05) is 4.91 Å². The average Bonchev–Trinajstić information content (AvgIpc) is 2.65. The number of carbonyl (C=O) groups excluding carboxylic acids is 2. The van der Waals surface area contributed by atoms with Crippen LogP contribution >= 0.6 is 0 Å². The maximum absolute atomic E-state index is 11.1. The highest BCUT2D eigenvalue weighted by Gasteiger charge is 2.16. The molecule has 0 N–H and O–H groups in total. The van der Waals surface area contributed by atoms with Gasteiger partial charge < -0.3 is 9.15 Å². The molecular weight excluding hydrogens is 202 g/mol. The lowest BCUT2D eigenvalue weighted by Crippen LogP contribution is -2.06. The predicted molar refractivity (Wildman–Crippen MR) is 47.9 cm³/mol. The molecular formula is C8H7N3O4. The molecule has 0 saturated carbocycles. The Morgan fingerprint density at radius 2 is 2.40 bits per heavy atom. The standard InChI is InChI=1S/C8H7N3O4/c1-14-8(13)5-2-3-15-6(5)4-7(12)10-11-9/h2-3H,4H2,1H3. The maximum atomic E-state index is 11.1. The summed E-state index contributed by atoms with van der Waals surface area (Å²) in [4.78, 5) is 24.4. The van der Waals surface area contributed by atoms with E-state index in [4.69, 9.17) is 9.95 Å². The van der Waals surface area contributed by atoms with E-state index in [9.17, 15) is 9.59 Å². The molecule has 0 aliphatic rings. The molecule has 1 aromatic heterocycles. The number of hydrogen-bond donors (Lipinski definition) is 0. The molecule has 1 rings (SSSR count). The van der Waals surface area contributed by atoms with Gasteiger partial charge in [-0.05, 0) is 16.7 Å². The summed E-state index contributed by atoms with van der Waals surface area (Å²) in [7, 11) is 1.22. The Hall–Kier alpha value is -2.27. The molecule has 0 aliphatic heterocycles. The zero-order valence-corrected chi connectivity index (χ0v) is 7.84. The number of azide groups is 1. The number of amides is 1. The summed E-state index contributed by atoms with van der Waals surface area (Å²) in [6.45, 7) is 0. The molecule has 1 amide bonds. The quantitative estimate of drug-likeness (QED) is 0.325. The molecule has 78 valence electrons. The molecule has 7 nitrogen and oxygen atoms in total. The largest absolute Gasteiger partial charge is 0.468 e. The Morgan fingerprint density at radius 3 is 3.00 bits per heavy atom. The van der Waals surface area contributed by atoms with E-state index in [0.717, 1.165) is 0 Å². The number of rotatable bonds is 3. The van der Waals surface area contributed by atoms with Crippen molar-refractivity contribution in [3.05, 3.63) is 34.1 Å². The Bertz CT molecular complexity index is 431. The van der Waals surface area contributed by atoms with Crippen molar-refractivity contribution in [1.82, 2.24) is 0 Å². The highest BCUT2D eigenvalue weighted by atomic mass is 16.5. The van der Waals surface area contributed by atoms with Crippen LogP contribution in [-0.2, 0) is 16.0 Å². The molecule has 1 heterocycles. The maximum Gasteiger partial charge on any atom is 0.341 e. The molecule has 0 unspecified atom stereocenters. The second-order valence-corrected chi connectivity index (χ2v) is 2.51. The summed E-state index contributed by atoms with van der Waals surface area (Å²) in [5.74, 6) is -1.20. The smallest absolute Gasteiger partial charge is 0.341 e. The molecule has 0 aromatic carbocycles. The van der Waals surface area contributed by atoms with Crippen LogP contribution in [0, 0.1) is 0 Å². The number of ether oxygens (including phenoxy) is 1. The highest BCUT2D eigenvalue weighted by molar-refractivity contribution is 5.92. The van der Waals surface area contributed by atoms with Gasteiger partial charge in [0.15, 0.2) is 0 Å². The average molecular weight is 209 g/mol. The van der Waals surface area contributed by atoms with Crippen LogP contribution in [0.5, 0.6) is 0 Å². The van der Waals surface area contributed by atoms with Crippen LogP contribution in [0.3, 0.4) is 0 Å². The molecule has 0 saturated heterocycles. The van der Waals surface area contributed by atoms with Gasteiger partial charge in [0.2, 0.25) is 5.91 Å². The summed E-state index contributed by atoms with van der Waals surface area (Å²) >= 11 is 0. The van der Waals surface area contributed by atoms with Gasteiger partial charge in [0.25, 0.3) is 0 Å². The number of carbonyl (C=O) groups is 2. The fourth-order valence-corrected chi connectivity index (χ4v) is 0.992. The van der Waals surface area contributed by atoms with E-state index in [1.807, 2.05) is 0 Å². The van der Waals surface area contributed by atoms with Gasteiger partial charge in [-0.2, -0.15) is 0 Å². The Labute approximate surface area is 84.3 Å². The Morgan fingerprint density at radius 1 is 1.67 bits per heavy atom. The minimum absolute atomic E-state index is 0.124. The van der Waals surface area contributed by atoms with Crippen molar-refractivity contribution in [2.24, 2.45) is 5.11 Å². The number of furan rings is 1. The van der Waals surface area contributed by atoms with Gasteiger partial charge in [-0.15, -0.1) is 0 Å². The normalized spacial score (nSPS) is 9.13. The van der Waals surface area contributed by atoms with Crippen molar-refractivity contribution in [3.8, 4) is 0 Å². The molecule has 0 spiro atoms. The number of esters is 1. The van der Waals surface area contributed by atoms with Gasteiger partial charge >= 0.3 is 5.97 Å². The van der Waals surface area contributed by atoms with Crippen molar-refractivity contribution < 1.29 is 18.7 Å². The monoisotopic (exact) mass is 209 g/mol. The van der Waals surface area contributed by atoms with Crippen molar-refractivity contribution in [2.45, 2.75) is 6.42 Å². The zero-order chi connectivity index (χ0) is 11.3. The fraction of sp³-hybridized carbons (Fsp3) is 0.250. The minimum Gasteiger partial charge on any atom is -0.468 e. The van der Waals surface area contributed by atoms with Gasteiger partial charge in [-0.25, -0.2) is 4.79 Å². The van der Waals surface area contributed by atoms with E-state index in [-0.39, 0.29) is 17.7 Å². The van der Waals surface area contributed by atoms with Crippen LogP contribution in [0.15, 0.2) is 21.9 Å². The van der Waals surface area contributed by atoms with Crippen molar-refractivity contribution in [1.29, 1.82) is 0 Å². The third-order valence-corrected chi connectivity index (χ3v) is 1.62. The third kappa shape index (κ3) is 2.58. The van der Waals surface area contributed by atoms with Gasteiger partial charge in [-0.1, -0.05) is 0 Å². The third-order valence-electron chi connectivity index (χ3n) is 1.62. The molecule has 0 aliphatic carbocycles. The molecule has 1 aromatic rings. The first-order valence-electron chi connectivity index (χ1n) is 3.91. The van der Waals surface area contributed by atoms with Gasteiger partial charge in [0.05, 0.1) is 19.8 Å². The number of hydrogen-bond acceptors (Lipinski definition) is 4. The summed E-state index contributed by atoms with van der Waals surface area (Å²) in [5.41, 5.74) is 8.16. The van der Waals surface area contributed by atoms with Crippen LogP contribution in [0.2, 0.25) is 0 Å². The van der Waals surface area contributed by atoms with Crippen LogP contribution in [-0.4, -0.2) is 19.0 Å². The summed E-state index contributed by atoms with van der Waals surface area (Å²) in [6.07, 6.45) is 0.993. The van der Waals surface area contributed by atoms with Crippen LogP contribution in [0.4, 0.5) is 0 Å². The number of methoxy groups -OCH3 is 1. The zero-order valence-electron chi connectivity index (χ0n) is 7.84. The lowest BCUT2D eigenvalue weighted by Gasteiger charge is -1.97. The first kappa shape index (κ1) is 10.8. The summed E-state index contributed by atoms with van der Waals surface area (Å²) in [6, 6.07) is 1.38. The topological polar surface area (TPSA) is 105 Å². The van der Waals surface area contributed by atoms with Crippen LogP contribution in [0.1, 0.15) is 16.1 Å². The van der Waals surface area contributed by atoms with Gasteiger partial charge in [0.1, 0.15) is 11.3 Å². The van der Waals surface area contributed by atoms with E-state index in [0.29, 0.717) is 0 Å². The van der Waals surface area contributed by atoms with Crippen LogP contribution < -0.4 is 0 Å². The summed E-state index contributed by atoms with van der Waals surface area (Å²) < 4.78 is 9.36. The molecule has 7 heteroatoms. The van der Waals surface area contributed by atoms with E-state index in [1.54, 1.807) is 0 Å². The van der Waals surface area contributed by atoms with Crippen molar-refractivity contribution in [3.63, 3.8) is 0 Å². The molecule has 0 radical (unpaired) electrons. The van der Waals surface area contributed by atoms with Crippen molar-refractivity contribution >= 4 is 11.9 Å². The lowest BCUT2D eigenvalue weighted by molar-refractivity contribution is -0.117. The SMILES string of the molecule is COC(=O)c1ccoc1CC(=O)N=[N+]=[N-].